The van der Waals surface area contributed by atoms with Crippen LogP contribution in [0, 0.1) is 5.92 Å². The Bertz CT molecular complexity index is 269. The third-order valence-electron chi connectivity index (χ3n) is 2.78. The minimum absolute atomic E-state index is 0.778. The Morgan fingerprint density at radius 3 is 3.27 bits per heavy atom. The summed E-state index contributed by atoms with van der Waals surface area (Å²) in [4.78, 5) is 8.07. The van der Waals surface area contributed by atoms with E-state index in [-0.39, 0.29) is 0 Å². The third kappa shape index (κ3) is 3.57. The van der Waals surface area contributed by atoms with Crippen LogP contribution in [0.15, 0.2) is 18.6 Å². The predicted octanol–water partition coefficient (Wildman–Crippen LogP) is 0.566. The van der Waals surface area contributed by atoms with Gasteiger partial charge in [-0.2, -0.15) is 0 Å². The highest BCUT2D eigenvalue weighted by Gasteiger charge is 2.11. The van der Waals surface area contributed by atoms with Gasteiger partial charge in [0.1, 0.15) is 6.33 Å². The third-order valence-corrected chi connectivity index (χ3v) is 2.78. The minimum atomic E-state index is 0.778. The highest BCUT2D eigenvalue weighted by molar-refractivity contribution is 4.96. The summed E-state index contributed by atoms with van der Waals surface area (Å²) in [5.74, 6) is 0.778. The van der Waals surface area contributed by atoms with E-state index in [0.29, 0.717) is 0 Å². The summed E-state index contributed by atoms with van der Waals surface area (Å²) in [5, 5.41) is 6.86. The molecule has 1 aromatic rings. The Balaban J connectivity index is 1.66. The van der Waals surface area contributed by atoms with Gasteiger partial charge in [0.2, 0.25) is 0 Å². The van der Waals surface area contributed by atoms with Gasteiger partial charge < -0.3 is 10.6 Å². The Morgan fingerprint density at radius 2 is 2.53 bits per heavy atom. The Labute approximate surface area is 90.5 Å². The zero-order chi connectivity index (χ0) is 10.3. The highest BCUT2D eigenvalue weighted by atomic mass is 14.9. The molecular weight excluding hydrogens is 188 g/mol. The molecule has 0 amide bonds. The zero-order valence-corrected chi connectivity index (χ0v) is 8.95. The molecule has 0 saturated carbocycles. The van der Waals surface area contributed by atoms with Gasteiger partial charge in [-0.1, -0.05) is 0 Å². The van der Waals surface area contributed by atoms with Crippen molar-refractivity contribution < 1.29 is 0 Å². The van der Waals surface area contributed by atoms with Crippen molar-refractivity contribution in [3.05, 3.63) is 24.3 Å². The van der Waals surface area contributed by atoms with Crippen LogP contribution in [0.5, 0.6) is 0 Å². The van der Waals surface area contributed by atoms with Gasteiger partial charge in [0.05, 0.1) is 5.69 Å². The SMILES string of the molecule is c1cc(CNCC2CCCNC2)ncn1. The minimum Gasteiger partial charge on any atom is -0.316 e. The summed E-state index contributed by atoms with van der Waals surface area (Å²) in [6.07, 6.45) is 6.02. The predicted molar refractivity (Wildman–Crippen MR) is 59.3 cm³/mol. The second-order valence-corrected chi connectivity index (χ2v) is 4.04. The number of aromatic nitrogens is 2. The summed E-state index contributed by atoms with van der Waals surface area (Å²) in [6.45, 7) is 4.26. The van der Waals surface area contributed by atoms with Crippen molar-refractivity contribution in [2.75, 3.05) is 19.6 Å². The lowest BCUT2D eigenvalue weighted by atomic mass is 10.00. The van der Waals surface area contributed by atoms with Crippen molar-refractivity contribution in [1.29, 1.82) is 0 Å². The van der Waals surface area contributed by atoms with E-state index in [2.05, 4.69) is 20.6 Å². The molecule has 1 aliphatic heterocycles. The van der Waals surface area contributed by atoms with E-state index in [0.717, 1.165) is 31.2 Å². The molecule has 2 heterocycles. The number of piperidine rings is 1. The monoisotopic (exact) mass is 206 g/mol. The standard InChI is InChI=1S/C11H18N4/c1-2-10(6-12-4-1)7-14-8-11-3-5-13-9-15-11/h3,5,9-10,12,14H,1-2,4,6-8H2. The van der Waals surface area contributed by atoms with E-state index in [9.17, 15) is 0 Å². The number of rotatable bonds is 4. The molecule has 0 aromatic carbocycles. The second kappa shape index (κ2) is 5.78. The molecule has 2 rings (SSSR count). The van der Waals surface area contributed by atoms with Gasteiger partial charge >= 0.3 is 0 Å². The van der Waals surface area contributed by atoms with Crippen LogP contribution in [0.2, 0.25) is 0 Å². The van der Waals surface area contributed by atoms with Crippen LogP contribution in [0.4, 0.5) is 0 Å². The van der Waals surface area contributed by atoms with Crippen LogP contribution in [-0.2, 0) is 6.54 Å². The van der Waals surface area contributed by atoms with Gasteiger partial charge in [0.25, 0.3) is 0 Å². The van der Waals surface area contributed by atoms with Crippen molar-refractivity contribution in [2.24, 2.45) is 5.92 Å². The number of hydrogen-bond acceptors (Lipinski definition) is 4. The first kappa shape index (κ1) is 10.5. The topological polar surface area (TPSA) is 49.8 Å². The fourth-order valence-corrected chi connectivity index (χ4v) is 1.93. The van der Waals surface area contributed by atoms with E-state index < -0.39 is 0 Å². The van der Waals surface area contributed by atoms with Gasteiger partial charge in [0.15, 0.2) is 0 Å². The number of nitrogens with zero attached hydrogens (tertiary/aromatic N) is 2. The van der Waals surface area contributed by atoms with E-state index in [4.69, 9.17) is 0 Å². The van der Waals surface area contributed by atoms with Crippen LogP contribution in [0.25, 0.3) is 0 Å². The molecule has 1 unspecified atom stereocenters. The molecule has 0 bridgehead atoms. The zero-order valence-electron chi connectivity index (χ0n) is 8.95. The molecule has 4 nitrogen and oxygen atoms in total. The van der Waals surface area contributed by atoms with Crippen LogP contribution in [-0.4, -0.2) is 29.6 Å². The van der Waals surface area contributed by atoms with Gasteiger partial charge in [-0.15, -0.1) is 0 Å². The average molecular weight is 206 g/mol. The second-order valence-electron chi connectivity index (χ2n) is 4.04. The van der Waals surface area contributed by atoms with Crippen molar-refractivity contribution in [3.63, 3.8) is 0 Å². The van der Waals surface area contributed by atoms with Crippen molar-refractivity contribution >= 4 is 0 Å². The molecule has 1 atom stereocenters. The van der Waals surface area contributed by atoms with E-state index in [1.807, 2.05) is 6.07 Å². The molecule has 0 spiro atoms. The lowest BCUT2D eigenvalue weighted by molar-refractivity contribution is 0.359. The normalized spacial score (nSPS) is 21.5. The maximum Gasteiger partial charge on any atom is 0.115 e. The number of nitrogens with one attached hydrogen (secondary N) is 2. The van der Waals surface area contributed by atoms with E-state index in [1.165, 1.54) is 19.4 Å². The average Bonchev–Trinajstić information content (AvgIpc) is 2.32. The summed E-state index contributed by atoms with van der Waals surface area (Å²) in [5.41, 5.74) is 1.06. The van der Waals surface area contributed by atoms with Crippen LogP contribution < -0.4 is 10.6 Å². The largest absolute Gasteiger partial charge is 0.316 e. The summed E-state index contributed by atoms with van der Waals surface area (Å²) < 4.78 is 0. The molecular formula is C11H18N4. The first-order valence-corrected chi connectivity index (χ1v) is 5.61. The van der Waals surface area contributed by atoms with Gasteiger partial charge in [0, 0.05) is 12.7 Å². The maximum atomic E-state index is 4.17. The summed E-state index contributed by atoms with van der Waals surface area (Å²) in [7, 11) is 0. The van der Waals surface area contributed by atoms with Crippen LogP contribution >= 0.6 is 0 Å². The molecule has 0 aliphatic carbocycles. The van der Waals surface area contributed by atoms with Gasteiger partial charge in [-0.05, 0) is 44.5 Å². The maximum absolute atomic E-state index is 4.17. The molecule has 4 heteroatoms. The number of hydrogen-bond donors (Lipinski definition) is 2. The molecule has 15 heavy (non-hydrogen) atoms. The summed E-state index contributed by atoms with van der Waals surface area (Å²) >= 11 is 0. The van der Waals surface area contributed by atoms with Crippen LogP contribution in [0.3, 0.4) is 0 Å². The van der Waals surface area contributed by atoms with Crippen molar-refractivity contribution in [2.45, 2.75) is 19.4 Å². The fraction of sp³-hybridized carbons (Fsp3) is 0.636. The fourth-order valence-electron chi connectivity index (χ4n) is 1.93. The van der Waals surface area contributed by atoms with Crippen LogP contribution in [0.1, 0.15) is 18.5 Å². The quantitative estimate of drug-likeness (QED) is 0.756. The lowest BCUT2D eigenvalue weighted by Crippen LogP contribution is -2.35. The molecule has 82 valence electrons. The van der Waals surface area contributed by atoms with Crippen molar-refractivity contribution in [3.8, 4) is 0 Å². The molecule has 1 aliphatic rings. The molecule has 1 fully saturated rings. The van der Waals surface area contributed by atoms with Gasteiger partial charge in [-0.3, -0.25) is 0 Å². The highest BCUT2D eigenvalue weighted by Crippen LogP contribution is 2.08. The first-order chi connectivity index (χ1) is 7.45. The molecule has 1 saturated heterocycles. The Hall–Kier alpha value is -1.00. The molecule has 1 aromatic heterocycles. The van der Waals surface area contributed by atoms with E-state index in [1.54, 1.807) is 12.5 Å². The molecule has 0 radical (unpaired) electrons. The smallest absolute Gasteiger partial charge is 0.115 e. The summed E-state index contributed by atoms with van der Waals surface area (Å²) in [6, 6.07) is 1.95. The van der Waals surface area contributed by atoms with Gasteiger partial charge in [-0.25, -0.2) is 9.97 Å². The lowest BCUT2D eigenvalue weighted by Gasteiger charge is -2.22. The first-order valence-electron chi connectivity index (χ1n) is 5.61. The Morgan fingerprint density at radius 1 is 1.53 bits per heavy atom. The molecule has 2 N–H and O–H groups in total. The Kier molecular flexibility index (Phi) is 4.05. The van der Waals surface area contributed by atoms with Crippen molar-refractivity contribution in [1.82, 2.24) is 20.6 Å². The van der Waals surface area contributed by atoms with E-state index >= 15 is 0 Å².